The van der Waals surface area contributed by atoms with Gasteiger partial charge < -0.3 is 4.90 Å². The maximum Gasteiger partial charge on any atom is 0.260 e. The summed E-state index contributed by atoms with van der Waals surface area (Å²) in [5.41, 5.74) is 5.01. The van der Waals surface area contributed by atoms with E-state index in [4.69, 9.17) is 0 Å². The summed E-state index contributed by atoms with van der Waals surface area (Å²) in [7, 11) is 0. The molecule has 5 rings (SSSR count). The molecule has 0 radical (unpaired) electrons. The van der Waals surface area contributed by atoms with Crippen molar-refractivity contribution >= 4 is 23.0 Å². The van der Waals surface area contributed by atoms with Crippen molar-refractivity contribution in [2.24, 2.45) is 0 Å². The Bertz CT molecular complexity index is 920. The molecular formula is C20H14N2O. The minimum atomic E-state index is -0.0986. The molecule has 2 heterocycles. The summed E-state index contributed by atoms with van der Waals surface area (Å²) < 4.78 is 0. The van der Waals surface area contributed by atoms with Crippen LogP contribution in [0.3, 0.4) is 0 Å². The topological polar surface area (TPSA) is 23.6 Å². The fourth-order valence-corrected chi connectivity index (χ4v) is 3.66. The Hall–Kier alpha value is -3.07. The van der Waals surface area contributed by atoms with E-state index in [9.17, 15) is 4.79 Å². The van der Waals surface area contributed by atoms with E-state index in [1.807, 2.05) is 59.5 Å². The van der Waals surface area contributed by atoms with Gasteiger partial charge in [-0.1, -0.05) is 48.5 Å². The van der Waals surface area contributed by atoms with Crippen molar-refractivity contribution in [3.63, 3.8) is 0 Å². The average Bonchev–Trinajstić information content (AvgIpc) is 3.10. The molecular weight excluding hydrogens is 284 g/mol. The first-order valence-electron chi connectivity index (χ1n) is 7.72. The zero-order valence-corrected chi connectivity index (χ0v) is 12.4. The van der Waals surface area contributed by atoms with Crippen LogP contribution in [0.2, 0.25) is 0 Å². The second-order valence-corrected chi connectivity index (χ2v) is 5.83. The lowest BCUT2D eigenvalue weighted by atomic mass is 10.1. The van der Waals surface area contributed by atoms with Crippen LogP contribution in [0.15, 0.2) is 78.9 Å². The van der Waals surface area contributed by atoms with Crippen molar-refractivity contribution in [2.75, 3.05) is 9.80 Å². The fourth-order valence-electron chi connectivity index (χ4n) is 3.66. The maximum atomic E-state index is 12.9. The number of para-hydroxylation sites is 3. The number of rotatable bonds is 1. The highest BCUT2D eigenvalue weighted by molar-refractivity contribution is 6.15. The van der Waals surface area contributed by atoms with Gasteiger partial charge in [-0.2, -0.15) is 0 Å². The molecule has 0 aliphatic carbocycles. The molecule has 23 heavy (non-hydrogen) atoms. The lowest BCUT2D eigenvalue weighted by Gasteiger charge is -2.27. The summed E-state index contributed by atoms with van der Waals surface area (Å²) in [4.78, 5) is 17.1. The number of carbonyl (C=O) groups is 1. The molecule has 0 bridgehead atoms. The third-order valence-corrected chi connectivity index (χ3v) is 4.61. The van der Waals surface area contributed by atoms with E-state index in [1.54, 1.807) is 0 Å². The van der Waals surface area contributed by atoms with Crippen LogP contribution in [0.5, 0.6) is 0 Å². The highest BCUT2D eigenvalue weighted by atomic mass is 16.2. The number of fused-ring (bicyclic) bond motifs is 5. The maximum absolute atomic E-state index is 12.9. The van der Waals surface area contributed by atoms with Crippen LogP contribution in [-0.2, 0) is 0 Å². The van der Waals surface area contributed by atoms with Crippen molar-refractivity contribution in [1.29, 1.82) is 0 Å². The summed E-state index contributed by atoms with van der Waals surface area (Å²) in [6.45, 7) is 0. The van der Waals surface area contributed by atoms with Crippen molar-refractivity contribution in [2.45, 2.75) is 6.17 Å². The Balaban J connectivity index is 1.79. The van der Waals surface area contributed by atoms with Crippen LogP contribution in [0, 0.1) is 0 Å². The molecule has 0 spiro atoms. The first kappa shape index (κ1) is 12.5. The smallest absolute Gasteiger partial charge is 0.260 e. The van der Waals surface area contributed by atoms with Gasteiger partial charge in [-0.3, -0.25) is 9.69 Å². The van der Waals surface area contributed by atoms with E-state index in [0.717, 1.165) is 28.2 Å². The van der Waals surface area contributed by atoms with Gasteiger partial charge in [0.05, 0.1) is 11.4 Å². The quantitative estimate of drug-likeness (QED) is 0.660. The van der Waals surface area contributed by atoms with Gasteiger partial charge in [0.15, 0.2) is 0 Å². The van der Waals surface area contributed by atoms with E-state index < -0.39 is 0 Å². The number of anilines is 3. The van der Waals surface area contributed by atoms with Gasteiger partial charge in [-0.05, 0) is 30.3 Å². The largest absolute Gasteiger partial charge is 0.314 e. The minimum absolute atomic E-state index is 0.0801. The van der Waals surface area contributed by atoms with Gasteiger partial charge in [0, 0.05) is 16.8 Å². The highest BCUT2D eigenvalue weighted by Gasteiger charge is 2.47. The monoisotopic (exact) mass is 298 g/mol. The third-order valence-electron chi connectivity index (χ3n) is 4.61. The molecule has 3 heteroatoms. The van der Waals surface area contributed by atoms with Crippen LogP contribution in [0.25, 0.3) is 0 Å². The summed E-state index contributed by atoms with van der Waals surface area (Å²) >= 11 is 0. The van der Waals surface area contributed by atoms with Gasteiger partial charge in [-0.15, -0.1) is 0 Å². The SMILES string of the molecule is O=C1c2ccccc2C2N1c1ccccc1N2c1ccccc1. The lowest BCUT2D eigenvalue weighted by molar-refractivity contribution is 0.0993. The Morgan fingerprint density at radius 3 is 2.04 bits per heavy atom. The van der Waals surface area contributed by atoms with Crippen molar-refractivity contribution in [3.8, 4) is 0 Å². The summed E-state index contributed by atoms with van der Waals surface area (Å²) in [5.74, 6) is 0.0801. The molecule has 1 unspecified atom stereocenters. The van der Waals surface area contributed by atoms with E-state index in [1.165, 1.54) is 0 Å². The molecule has 0 saturated heterocycles. The molecule has 3 nitrogen and oxygen atoms in total. The standard InChI is InChI=1S/C20H14N2O/c23-20-16-11-5-4-10-15(16)19-21(14-8-2-1-3-9-14)17-12-6-7-13-18(17)22(19)20/h1-13,19H. The molecule has 0 saturated carbocycles. The van der Waals surface area contributed by atoms with Crippen LogP contribution < -0.4 is 9.80 Å². The molecule has 0 fully saturated rings. The van der Waals surface area contributed by atoms with Crippen molar-refractivity contribution in [3.05, 3.63) is 90.0 Å². The van der Waals surface area contributed by atoms with Crippen LogP contribution in [-0.4, -0.2) is 5.91 Å². The van der Waals surface area contributed by atoms with Gasteiger partial charge >= 0.3 is 0 Å². The molecule has 1 atom stereocenters. The van der Waals surface area contributed by atoms with Gasteiger partial charge in [0.1, 0.15) is 6.17 Å². The molecule has 3 aromatic rings. The van der Waals surface area contributed by atoms with E-state index in [2.05, 4.69) is 29.2 Å². The third kappa shape index (κ3) is 1.56. The zero-order valence-electron chi connectivity index (χ0n) is 12.4. The second kappa shape index (κ2) is 4.46. The lowest BCUT2D eigenvalue weighted by Crippen LogP contribution is -2.30. The van der Waals surface area contributed by atoms with Gasteiger partial charge in [0.2, 0.25) is 0 Å². The summed E-state index contributed by atoms with van der Waals surface area (Å²) in [5, 5.41) is 0. The normalized spacial score (nSPS) is 17.9. The molecule has 110 valence electrons. The zero-order chi connectivity index (χ0) is 15.4. The number of hydrogen-bond acceptors (Lipinski definition) is 2. The van der Waals surface area contributed by atoms with E-state index in [0.29, 0.717) is 0 Å². The van der Waals surface area contributed by atoms with Crippen LogP contribution in [0.1, 0.15) is 22.1 Å². The van der Waals surface area contributed by atoms with Crippen LogP contribution >= 0.6 is 0 Å². The molecule has 0 N–H and O–H groups in total. The van der Waals surface area contributed by atoms with E-state index in [-0.39, 0.29) is 12.1 Å². The Morgan fingerprint density at radius 2 is 1.26 bits per heavy atom. The second-order valence-electron chi connectivity index (χ2n) is 5.83. The fraction of sp³-hybridized carbons (Fsp3) is 0.0500. The first-order valence-corrected chi connectivity index (χ1v) is 7.72. The minimum Gasteiger partial charge on any atom is -0.314 e. The van der Waals surface area contributed by atoms with Gasteiger partial charge in [0.25, 0.3) is 5.91 Å². The van der Waals surface area contributed by atoms with Crippen molar-refractivity contribution < 1.29 is 4.79 Å². The Kier molecular flexibility index (Phi) is 2.42. The van der Waals surface area contributed by atoms with Crippen LogP contribution in [0.4, 0.5) is 17.1 Å². The predicted octanol–water partition coefficient (Wildman–Crippen LogP) is 4.50. The highest BCUT2D eigenvalue weighted by Crippen LogP contribution is 2.53. The number of carbonyl (C=O) groups excluding carboxylic acids is 1. The molecule has 2 aliphatic heterocycles. The number of amides is 1. The molecule has 2 aliphatic rings. The number of hydrogen-bond donors (Lipinski definition) is 0. The first-order chi connectivity index (χ1) is 11.4. The van der Waals surface area contributed by atoms with E-state index >= 15 is 0 Å². The summed E-state index contributed by atoms with van der Waals surface area (Å²) in [6.07, 6.45) is -0.0986. The van der Waals surface area contributed by atoms with Gasteiger partial charge in [-0.25, -0.2) is 0 Å². The average molecular weight is 298 g/mol. The number of benzene rings is 3. The predicted molar refractivity (Wildman–Crippen MR) is 91.0 cm³/mol. The molecule has 0 aromatic heterocycles. The Morgan fingerprint density at radius 1 is 0.652 bits per heavy atom. The molecule has 3 aromatic carbocycles. The van der Waals surface area contributed by atoms with Crippen molar-refractivity contribution in [1.82, 2.24) is 0 Å². The number of nitrogens with zero attached hydrogens (tertiary/aromatic N) is 2. The molecule has 1 amide bonds. The summed E-state index contributed by atoms with van der Waals surface area (Å²) in [6, 6.07) is 26.3. The Labute approximate surface area is 134 Å².